The van der Waals surface area contributed by atoms with Crippen LogP contribution in [-0.2, 0) is 19.6 Å². The lowest BCUT2D eigenvalue weighted by Gasteiger charge is -2.07. The molecule has 0 saturated carbocycles. The molecule has 0 atom stereocenters. The predicted molar refractivity (Wildman–Crippen MR) is 71.2 cm³/mol. The molecule has 2 aromatic rings. The predicted octanol–water partition coefficient (Wildman–Crippen LogP) is 2.71. The van der Waals surface area contributed by atoms with Crippen molar-refractivity contribution in [1.82, 2.24) is 5.32 Å². The first kappa shape index (κ1) is 13.6. The number of nitrogens with one attached hydrogen (secondary N) is 1. The molecular weight excluding hydrogens is 246 g/mol. The molecule has 19 heavy (non-hydrogen) atoms. The van der Waals surface area contributed by atoms with E-state index in [1.165, 1.54) is 6.07 Å². The van der Waals surface area contributed by atoms with Crippen LogP contribution < -0.4 is 11.1 Å². The molecule has 0 amide bonds. The lowest BCUT2D eigenvalue weighted by molar-refractivity contribution is 0.568. The van der Waals surface area contributed by atoms with Gasteiger partial charge in [-0.2, -0.15) is 0 Å². The number of rotatable bonds is 5. The minimum atomic E-state index is -0.425. The van der Waals surface area contributed by atoms with Crippen LogP contribution in [0, 0.1) is 11.6 Å². The molecule has 0 aromatic heterocycles. The number of halogens is 2. The van der Waals surface area contributed by atoms with E-state index in [0.29, 0.717) is 25.2 Å². The Morgan fingerprint density at radius 2 is 1.58 bits per heavy atom. The molecule has 0 bridgehead atoms. The highest BCUT2D eigenvalue weighted by Crippen LogP contribution is 2.10. The summed E-state index contributed by atoms with van der Waals surface area (Å²) in [6.07, 6.45) is 0. The molecule has 0 radical (unpaired) electrons. The van der Waals surface area contributed by atoms with Crippen LogP contribution >= 0.6 is 0 Å². The second-order valence-electron chi connectivity index (χ2n) is 4.36. The van der Waals surface area contributed by atoms with Gasteiger partial charge < -0.3 is 11.1 Å². The molecule has 2 nitrogen and oxygen atoms in total. The Labute approximate surface area is 111 Å². The standard InChI is InChI=1S/C15H16F2N2/c16-14-5-6-15(17)13(7-14)10-19-9-12-3-1-11(8-18)2-4-12/h1-7,19H,8-10,18H2. The monoisotopic (exact) mass is 262 g/mol. The topological polar surface area (TPSA) is 38.0 Å². The summed E-state index contributed by atoms with van der Waals surface area (Å²) in [6, 6.07) is 11.3. The Morgan fingerprint density at radius 1 is 0.895 bits per heavy atom. The highest BCUT2D eigenvalue weighted by Gasteiger charge is 2.03. The van der Waals surface area contributed by atoms with E-state index in [1.54, 1.807) is 0 Å². The van der Waals surface area contributed by atoms with E-state index in [9.17, 15) is 8.78 Å². The van der Waals surface area contributed by atoms with Gasteiger partial charge in [-0.05, 0) is 29.3 Å². The second kappa shape index (κ2) is 6.41. The van der Waals surface area contributed by atoms with Crippen LogP contribution in [0.5, 0.6) is 0 Å². The molecule has 0 heterocycles. The van der Waals surface area contributed by atoms with E-state index < -0.39 is 11.6 Å². The molecule has 0 aliphatic carbocycles. The van der Waals surface area contributed by atoms with Gasteiger partial charge in [-0.1, -0.05) is 24.3 Å². The molecule has 2 rings (SSSR count). The van der Waals surface area contributed by atoms with Crippen molar-refractivity contribution in [2.45, 2.75) is 19.6 Å². The van der Waals surface area contributed by atoms with Crippen LogP contribution in [0.4, 0.5) is 8.78 Å². The summed E-state index contributed by atoms with van der Waals surface area (Å²) >= 11 is 0. The minimum absolute atomic E-state index is 0.294. The van der Waals surface area contributed by atoms with Crippen LogP contribution in [0.1, 0.15) is 16.7 Å². The summed E-state index contributed by atoms with van der Waals surface area (Å²) in [7, 11) is 0. The summed E-state index contributed by atoms with van der Waals surface area (Å²) in [4.78, 5) is 0. The molecular formula is C15H16F2N2. The van der Waals surface area contributed by atoms with Gasteiger partial charge in [-0.3, -0.25) is 0 Å². The zero-order chi connectivity index (χ0) is 13.7. The summed E-state index contributed by atoms with van der Waals surface area (Å²) in [5, 5.41) is 3.09. The Kier molecular flexibility index (Phi) is 4.60. The van der Waals surface area contributed by atoms with Crippen LogP contribution in [0.25, 0.3) is 0 Å². The maximum Gasteiger partial charge on any atom is 0.127 e. The van der Waals surface area contributed by atoms with Crippen molar-refractivity contribution >= 4 is 0 Å². The Morgan fingerprint density at radius 3 is 2.26 bits per heavy atom. The van der Waals surface area contributed by atoms with Crippen molar-refractivity contribution in [2.24, 2.45) is 5.73 Å². The number of benzene rings is 2. The Hall–Kier alpha value is -1.78. The molecule has 4 heteroatoms. The molecule has 0 spiro atoms. The lowest BCUT2D eigenvalue weighted by Crippen LogP contribution is -2.14. The van der Waals surface area contributed by atoms with Crippen molar-refractivity contribution in [1.29, 1.82) is 0 Å². The maximum absolute atomic E-state index is 13.4. The van der Waals surface area contributed by atoms with Gasteiger partial charge >= 0.3 is 0 Å². The van der Waals surface area contributed by atoms with Gasteiger partial charge in [0.2, 0.25) is 0 Å². The van der Waals surface area contributed by atoms with Gasteiger partial charge in [0.15, 0.2) is 0 Å². The van der Waals surface area contributed by atoms with Gasteiger partial charge in [0.25, 0.3) is 0 Å². The smallest absolute Gasteiger partial charge is 0.127 e. The summed E-state index contributed by atoms with van der Waals surface area (Å²) in [5.41, 5.74) is 7.99. The minimum Gasteiger partial charge on any atom is -0.326 e. The summed E-state index contributed by atoms with van der Waals surface area (Å²) in [6.45, 7) is 1.41. The third-order valence-electron chi connectivity index (χ3n) is 2.91. The Balaban J connectivity index is 1.90. The molecule has 0 aliphatic rings. The number of nitrogens with two attached hydrogens (primary N) is 1. The van der Waals surface area contributed by atoms with Crippen LogP contribution in [-0.4, -0.2) is 0 Å². The van der Waals surface area contributed by atoms with Crippen LogP contribution in [0.15, 0.2) is 42.5 Å². The highest BCUT2D eigenvalue weighted by molar-refractivity contribution is 5.23. The van der Waals surface area contributed by atoms with E-state index in [-0.39, 0.29) is 0 Å². The molecule has 0 unspecified atom stereocenters. The molecule has 3 N–H and O–H groups in total. The van der Waals surface area contributed by atoms with Gasteiger partial charge in [0, 0.05) is 25.2 Å². The molecule has 2 aromatic carbocycles. The number of hydrogen-bond acceptors (Lipinski definition) is 2. The fraction of sp³-hybridized carbons (Fsp3) is 0.200. The fourth-order valence-electron chi connectivity index (χ4n) is 1.81. The summed E-state index contributed by atoms with van der Waals surface area (Å²) < 4.78 is 26.3. The molecule has 0 fully saturated rings. The average Bonchev–Trinajstić information content (AvgIpc) is 2.43. The third kappa shape index (κ3) is 3.84. The molecule has 0 aliphatic heterocycles. The van der Waals surface area contributed by atoms with Crippen LogP contribution in [0.2, 0.25) is 0 Å². The normalized spacial score (nSPS) is 10.7. The van der Waals surface area contributed by atoms with E-state index >= 15 is 0 Å². The van der Waals surface area contributed by atoms with Crippen LogP contribution in [0.3, 0.4) is 0 Å². The average molecular weight is 262 g/mol. The maximum atomic E-state index is 13.4. The first-order chi connectivity index (χ1) is 9.19. The van der Waals surface area contributed by atoms with Crippen molar-refractivity contribution in [2.75, 3.05) is 0 Å². The largest absolute Gasteiger partial charge is 0.326 e. The quantitative estimate of drug-likeness (QED) is 0.869. The lowest BCUT2D eigenvalue weighted by atomic mass is 10.1. The first-order valence-corrected chi connectivity index (χ1v) is 6.11. The number of hydrogen-bond donors (Lipinski definition) is 2. The molecule has 0 saturated heterocycles. The van der Waals surface area contributed by atoms with Crippen molar-refractivity contribution < 1.29 is 8.78 Å². The SMILES string of the molecule is NCc1ccc(CNCc2cc(F)ccc2F)cc1. The Bertz CT molecular complexity index is 538. The molecule has 100 valence electrons. The van der Waals surface area contributed by atoms with E-state index in [1.807, 2.05) is 24.3 Å². The van der Waals surface area contributed by atoms with E-state index in [0.717, 1.165) is 23.3 Å². The first-order valence-electron chi connectivity index (χ1n) is 6.11. The van der Waals surface area contributed by atoms with Gasteiger partial charge in [-0.15, -0.1) is 0 Å². The second-order valence-corrected chi connectivity index (χ2v) is 4.36. The van der Waals surface area contributed by atoms with Gasteiger partial charge in [0.05, 0.1) is 0 Å². The highest BCUT2D eigenvalue weighted by atomic mass is 19.1. The van der Waals surface area contributed by atoms with Crippen molar-refractivity contribution in [3.63, 3.8) is 0 Å². The van der Waals surface area contributed by atoms with Gasteiger partial charge in [-0.25, -0.2) is 8.78 Å². The summed E-state index contributed by atoms with van der Waals surface area (Å²) in [5.74, 6) is -0.821. The fourth-order valence-corrected chi connectivity index (χ4v) is 1.81. The van der Waals surface area contributed by atoms with Gasteiger partial charge in [0.1, 0.15) is 11.6 Å². The zero-order valence-corrected chi connectivity index (χ0v) is 10.5. The van der Waals surface area contributed by atoms with Crippen molar-refractivity contribution in [3.8, 4) is 0 Å². The third-order valence-corrected chi connectivity index (χ3v) is 2.91. The van der Waals surface area contributed by atoms with E-state index in [4.69, 9.17) is 5.73 Å². The zero-order valence-electron chi connectivity index (χ0n) is 10.5. The van der Waals surface area contributed by atoms with Crippen molar-refractivity contribution in [3.05, 3.63) is 70.8 Å². The van der Waals surface area contributed by atoms with E-state index in [2.05, 4.69) is 5.32 Å².